The molecule has 6 heteroatoms. The van der Waals surface area contributed by atoms with Crippen molar-refractivity contribution in [1.29, 1.82) is 0 Å². The molecule has 2 aromatic carbocycles. The highest BCUT2D eigenvalue weighted by Gasteiger charge is 2.47. The molecule has 2 heterocycles. The molecule has 2 saturated heterocycles. The fourth-order valence-corrected chi connectivity index (χ4v) is 4.24. The lowest BCUT2D eigenvalue weighted by molar-refractivity contribution is -0.140. The number of benzene rings is 2. The van der Waals surface area contributed by atoms with Gasteiger partial charge in [0.2, 0.25) is 0 Å². The normalized spacial score (nSPS) is 23.4. The molecule has 0 saturated carbocycles. The van der Waals surface area contributed by atoms with Crippen LogP contribution in [-0.2, 0) is 14.3 Å². The van der Waals surface area contributed by atoms with Crippen molar-refractivity contribution in [2.75, 3.05) is 13.2 Å². The zero-order valence-corrected chi connectivity index (χ0v) is 17.0. The Labute approximate surface area is 174 Å². The summed E-state index contributed by atoms with van der Waals surface area (Å²) in [5.41, 5.74) is 2.36. The number of rotatable bonds is 4. The fourth-order valence-electron chi connectivity index (χ4n) is 4.24. The van der Waals surface area contributed by atoms with E-state index in [4.69, 9.17) is 4.74 Å². The highest BCUT2D eigenvalue weighted by atomic mass is 19.1. The molecule has 0 radical (unpaired) electrons. The Kier molecular flexibility index (Phi) is 5.43. The third-order valence-corrected chi connectivity index (χ3v) is 5.88. The van der Waals surface area contributed by atoms with Gasteiger partial charge in [0.15, 0.2) is 0 Å². The Morgan fingerprint density at radius 1 is 1.17 bits per heavy atom. The summed E-state index contributed by atoms with van der Waals surface area (Å²) in [7, 11) is 0. The molecule has 0 aliphatic carbocycles. The van der Waals surface area contributed by atoms with Crippen LogP contribution in [0.5, 0.6) is 0 Å². The summed E-state index contributed by atoms with van der Waals surface area (Å²) >= 11 is 0. The number of nitrogens with zero attached hydrogens (tertiary/aromatic N) is 1. The maximum Gasteiger partial charge on any atom is 0.295 e. The second kappa shape index (κ2) is 8.03. The standard InChI is InChI=1S/C24H24FNO4/c1-14-6-3-4-8-18(14)21-20(22(27)16-9-10-19(25)15(2)12-16)23(28)24(29)26(21)13-17-7-5-11-30-17/h3-4,6,8-10,12,17,21,27H,5,7,11,13H2,1-2H3/b22-20+. The van der Waals surface area contributed by atoms with Crippen molar-refractivity contribution in [1.82, 2.24) is 4.90 Å². The van der Waals surface area contributed by atoms with Crippen molar-refractivity contribution in [3.05, 3.63) is 76.1 Å². The van der Waals surface area contributed by atoms with E-state index in [9.17, 15) is 19.1 Å². The van der Waals surface area contributed by atoms with E-state index in [1.165, 1.54) is 23.1 Å². The van der Waals surface area contributed by atoms with Crippen LogP contribution in [0.4, 0.5) is 4.39 Å². The highest BCUT2D eigenvalue weighted by Crippen LogP contribution is 2.41. The molecule has 1 amide bonds. The zero-order valence-electron chi connectivity index (χ0n) is 17.0. The van der Waals surface area contributed by atoms with Crippen molar-refractivity contribution in [3.63, 3.8) is 0 Å². The largest absolute Gasteiger partial charge is 0.507 e. The Balaban J connectivity index is 1.86. The van der Waals surface area contributed by atoms with E-state index in [0.29, 0.717) is 17.7 Å². The number of hydrogen-bond acceptors (Lipinski definition) is 4. The van der Waals surface area contributed by atoms with Gasteiger partial charge in [-0.1, -0.05) is 24.3 Å². The van der Waals surface area contributed by atoms with E-state index in [0.717, 1.165) is 24.0 Å². The van der Waals surface area contributed by atoms with E-state index in [1.54, 1.807) is 6.92 Å². The van der Waals surface area contributed by atoms with Crippen LogP contribution in [0.3, 0.4) is 0 Å². The van der Waals surface area contributed by atoms with Crippen LogP contribution in [0.1, 0.15) is 41.1 Å². The number of aryl methyl sites for hydroxylation is 2. The summed E-state index contributed by atoms with van der Waals surface area (Å²) in [5, 5.41) is 11.1. The Hall–Kier alpha value is -2.99. The first-order valence-electron chi connectivity index (χ1n) is 10.1. The van der Waals surface area contributed by atoms with Gasteiger partial charge < -0.3 is 14.7 Å². The number of likely N-dealkylation sites (tertiary alicyclic amines) is 1. The third-order valence-electron chi connectivity index (χ3n) is 5.88. The van der Waals surface area contributed by atoms with Crippen molar-refractivity contribution in [3.8, 4) is 0 Å². The van der Waals surface area contributed by atoms with Gasteiger partial charge >= 0.3 is 0 Å². The quantitative estimate of drug-likeness (QED) is 0.470. The van der Waals surface area contributed by atoms with E-state index < -0.39 is 23.5 Å². The lowest BCUT2D eigenvalue weighted by atomic mass is 9.92. The van der Waals surface area contributed by atoms with E-state index in [2.05, 4.69) is 0 Å². The number of aliphatic hydroxyl groups is 1. The number of hydrogen-bond donors (Lipinski definition) is 1. The molecule has 1 N–H and O–H groups in total. The first-order chi connectivity index (χ1) is 14.4. The Bertz CT molecular complexity index is 1040. The molecule has 2 atom stereocenters. The van der Waals surface area contributed by atoms with Crippen LogP contribution in [0.15, 0.2) is 48.0 Å². The summed E-state index contributed by atoms with van der Waals surface area (Å²) in [4.78, 5) is 27.5. The van der Waals surface area contributed by atoms with Gasteiger partial charge in [0.1, 0.15) is 11.6 Å². The summed E-state index contributed by atoms with van der Waals surface area (Å²) in [5.74, 6) is -2.08. The van der Waals surface area contributed by atoms with Gasteiger partial charge in [-0.2, -0.15) is 0 Å². The second-order valence-corrected chi connectivity index (χ2v) is 7.91. The van der Waals surface area contributed by atoms with E-state index in [-0.39, 0.29) is 24.0 Å². The Morgan fingerprint density at radius 3 is 2.60 bits per heavy atom. The van der Waals surface area contributed by atoms with Gasteiger partial charge in [-0.3, -0.25) is 9.59 Å². The number of aliphatic hydroxyl groups excluding tert-OH is 1. The smallest absolute Gasteiger partial charge is 0.295 e. The van der Waals surface area contributed by atoms with Crippen molar-refractivity contribution >= 4 is 17.4 Å². The summed E-state index contributed by atoms with van der Waals surface area (Å²) in [6, 6.07) is 10.9. The number of ketones is 1. The minimum Gasteiger partial charge on any atom is -0.507 e. The summed E-state index contributed by atoms with van der Waals surface area (Å²) in [6.07, 6.45) is 1.60. The summed E-state index contributed by atoms with van der Waals surface area (Å²) < 4.78 is 19.4. The van der Waals surface area contributed by atoms with E-state index in [1.807, 2.05) is 31.2 Å². The van der Waals surface area contributed by atoms with Crippen LogP contribution >= 0.6 is 0 Å². The van der Waals surface area contributed by atoms with Gasteiger partial charge in [0.05, 0.1) is 17.7 Å². The van der Waals surface area contributed by atoms with E-state index >= 15 is 0 Å². The first kappa shape index (κ1) is 20.3. The van der Waals surface area contributed by atoms with Crippen LogP contribution in [0.25, 0.3) is 5.76 Å². The molecule has 4 rings (SSSR count). The molecule has 2 aromatic rings. The number of amides is 1. The number of carbonyl (C=O) groups is 2. The number of halogens is 1. The van der Waals surface area contributed by atoms with Crippen LogP contribution < -0.4 is 0 Å². The molecular weight excluding hydrogens is 385 g/mol. The molecule has 2 fully saturated rings. The van der Waals surface area contributed by atoms with Crippen molar-refractivity contribution in [2.45, 2.75) is 38.8 Å². The number of carbonyl (C=O) groups excluding carboxylic acids is 2. The molecule has 156 valence electrons. The Morgan fingerprint density at radius 2 is 1.93 bits per heavy atom. The molecule has 2 aliphatic rings. The maximum atomic E-state index is 13.7. The van der Waals surface area contributed by atoms with Gasteiger partial charge in [0.25, 0.3) is 11.7 Å². The van der Waals surface area contributed by atoms with Gasteiger partial charge in [0, 0.05) is 18.7 Å². The maximum absolute atomic E-state index is 13.7. The predicted molar refractivity (Wildman–Crippen MR) is 110 cm³/mol. The average molecular weight is 409 g/mol. The molecule has 2 aliphatic heterocycles. The SMILES string of the molecule is Cc1cc(/C(O)=C2\C(=O)C(=O)N(CC3CCCO3)C2c2ccccc2C)ccc1F. The average Bonchev–Trinajstić information content (AvgIpc) is 3.32. The molecule has 0 bridgehead atoms. The fraction of sp³-hybridized carbons (Fsp3) is 0.333. The second-order valence-electron chi connectivity index (χ2n) is 7.91. The first-order valence-corrected chi connectivity index (χ1v) is 10.1. The van der Waals surface area contributed by atoms with Gasteiger partial charge in [-0.15, -0.1) is 0 Å². The van der Waals surface area contributed by atoms with Crippen LogP contribution in [0.2, 0.25) is 0 Å². The van der Waals surface area contributed by atoms with Crippen molar-refractivity contribution in [2.24, 2.45) is 0 Å². The minimum absolute atomic E-state index is 0.0262. The topological polar surface area (TPSA) is 66.8 Å². The monoisotopic (exact) mass is 409 g/mol. The van der Waals surface area contributed by atoms with Crippen LogP contribution in [0, 0.1) is 19.7 Å². The lowest BCUT2D eigenvalue weighted by Crippen LogP contribution is -2.36. The molecule has 0 aromatic heterocycles. The van der Waals surface area contributed by atoms with Crippen molar-refractivity contribution < 1.29 is 23.8 Å². The molecular formula is C24H24FNO4. The van der Waals surface area contributed by atoms with Crippen LogP contribution in [-0.4, -0.2) is 41.0 Å². The van der Waals surface area contributed by atoms with Gasteiger partial charge in [-0.05, 0) is 61.6 Å². The number of Topliss-reactive ketones (excluding diaryl/α,β-unsaturated/α-hetero) is 1. The summed E-state index contributed by atoms with van der Waals surface area (Å²) in [6.45, 7) is 4.41. The third kappa shape index (κ3) is 3.52. The number of ether oxygens (including phenoxy) is 1. The predicted octanol–water partition coefficient (Wildman–Crippen LogP) is 4.04. The highest BCUT2D eigenvalue weighted by molar-refractivity contribution is 6.46. The zero-order chi connectivity index (χ0) is 21.4. The minimum atomic E-state index is -0.735. The molecule has 0 spiro atoms. The lowest BCUT2D eigenvalue weighted by Gasteiger charge is -2.28. The molecule has 30 heavy (non-hydrogen) atoms. The molecule has 5 nitrogen and oxygen atoms in total. The van der Waals surface area contributed by atoms with Gasteiger partial charge in [-0.25, -0.2) is 4.39 Å². The molecule has 2 unspecified atom stereocenters.